The first-order chi connectivity index (χ1) is 12.6. The second-order valence-electron chi connectivity index (χ2n) is 7.98. The van der Waals surface area contributed by atoms with Gasteiger partial charge in [0.15, 0.2) is 0 Å². The normalized spacial score (nSPS) is 21.7. The van der Waals surface area contributed by atoms with Gasteiger partial charge in [-0.05, 0) is 36.7 Å². The Labute approximate surface area is 159 Å². The lowest BCUT2D eigenvalue weighted by Crippen LogP contribution is -2.35. The van der Waals surface area contributed by atoms with E-state index in [-0.39, 0.29) is 17.1 Å². The van der Waals surface area contributed by atoms with Crippen molar-refractivity contribution in [1.82, 2.24) is 0 Å². The van der Waals surface area contributed by atoms with Gasteiger partial charge < -0.3 is 14.8 Å². The molecule has 0 radical (unpaired) electrons. The Morgan fingerprint density at radius 2 is 2.04 bits per heavy atom. The Balaban J connectivity index is 2.36. The van der Waals surface area contributed by atoms with Crippen molar-refractivity contribution >= 4 is 23.4 Å². The van der Waals surface area contributed by atoms with Gasteiger partial charge in [-0.2, -0.15) is 0 Å². The highest BCUT2D eigenvalue weighted by Crippen LogP contribution is 2.41. The zero-order valence-corrected chi connectivity index (χ0v) is 16.6. The minimum atomic E-state index is -0.541. The highest BCUT2D eigenvalue weighted by atomic mass is 16.6. The number of nitro benzene ring substituents is 1. The van der Waals surface area contributed by atoms with Gasteiger partial charge in [0.1, 0.15) is 11.4 Å². The predicted molar refractivity (Wildman–Crippen MR) is 105 cm³/mol. The summed E-state index contributed by atoms with van der Waals surface area (Å²) in [6.45, 7) is 6.67. The van der Waals surface area contributed by atoms with E-state index in [0.717, 1.165) is 19.3 Å². The van der Waals surface area contributed by atoms with E-state index in [1.165, 1.54) is 32.4 Å². The van der Waals surface area contributed by atoms with Crippen LogP contribution < -0.4 is 10.1 Å². The standard InChI is InChI=1S/C20H28N2O5/c1-13-8-15(12-20(2,3)11-13)21-16-10-18(26-4)14(6-7-19(23)27-5)9-17(16)22(24)25/h6-7,9-10,13,15,21H,8,11-12H2,1-5H3/b7-6+. The molecule has 1 fully saturated rings. The van der Waals surface area contributed by atoms with Crippen molar-refractivity contribution in [2.75, 3.05) is 19.5 Å². The van der Waals surface area contributed by atoms with Crippen molar-refractivity contribution in [1.29, 1.82) is 0 Å². The lowest BCUT2D eigenvalue weighted by molar-refractivity contribution is -0.384. The summed E-state index contributed by atoms with van der Waals surface area (Å²) >= 11 is 0. The fourth-order valence-corrected chi connectivity index (χ4v) is 4.06. The van der Waals surface area contributed by atoms with Crippen LogP contribution in [0.2, 0.25) is 0 Å². The number of nitrogens with zero attached hydrogens (tertiary/aromatic N) is 1. The van der Waals surface area contributed by atoms with Gasteiger partial charge in [-0.1, -0.05) is 20.8 Å². The monoisotopic (exact) mass is 376 g/mol. The lowest BCUT2D eigenvalue weighted by Gasteiger charge is -2.39. The number of carbonyl (C=O) groups excluding carboxylic acids is 1. The van der Waals surface area contributed by atoms with Gasteiger partial charge >= 0.3 is 5.97 Å². The van der Waals surface area contributed by atoms with Crippen LogP contribution in [0.25, 0.3) is 6.08 Å². The summed E-state index contributed by atoms with van der Waals surface area (Å²) in [4.78, 5) is 22.5. The molecule has 2 atom stereocenters. The van der Waals surface area contributed by atoms with Crippen LogP contribution in [0.5, 0.6) is 5.75 Å². The molecule has 1 aromatic carbocycles. The Morgan fingerprint density at radius 1 is 1.33 bits per heavy atom. The quantitative estimate of drug-likeness (QED) is 0.342. The highest BCUT2D eigenvalue weighted by Gasteiger charge is 2.33. The van der Waals surface area contributed by atoms with Crippen LogP contribution in [0.15, 0.2) is 18.2 Å². The van der Waals surface area contributed by atoms with Crippen LogP contribution in [0.3, 0.4) is 0 Å². The van der Waals surface area contributed by atoms with E-state index in [4.69, 9.17) is 4.74 Å². The van der Waals surface area contributed by atoms with Crippen LogP contribution in [0, 0.1) is 21.4 Å². The van der Waals surface area contributed by atoms with E-state index in [9.17, 15) is 14.9 Å². The summed E-state index contributed by atoms with van der Waals surface area (Å²) in [5, 5.41) is 15.0. The second-order valence-corrected chi connectivity index (χ2v) is 7.98. The molecule has 0 saturated heterocycles. The summed E-state index contributed by atoms with van der Waals surface area (Å²) in [6, 6.07) is 3.20. The third kappa shape index (κ3) is 5.45. The van der Waals surface area contributed by atoms with Crippen molar-refractivity contribution in [2.24, 2.45) is 11.3 Å². The number of hydrogen-bond donors (Lipinski definition) is 1. The number of hydrogen-bond acceptors (Lipinski definition) is 6. The molecule has 148 valence electrons. The largest absolute Gasteiger partial charge is 0.496 e. The van der Waals surface area contributed by atoms with E-state index < -0.39 is 10.9 Å². The summed E-state index contributed by atoms with van der Waals surface area (Å²) in [7, 11) is 2.76. The van der Waals surface area contributed by atoms with Crippen molar-refractivity contribution in [3.05, 3.63) is 33.9 Å². The van der Waals surface area contributed by atoms with Gasteiger partial charge in [-0.15, -0.1) is 0 Å². The van der Waals surface area contributed by atoms with E-state index in [1.807, 2.05) is 0 Å². The smallest absolute Gasteiger partial charge is 0.330 e. The van der Waals surface area contributed by atoms with Gasteiger partial charge in [-0.25, -0.2) is 4.79 Å². The first-order valence-electron chi connectivity index (χ1n) is 9.04. The maximum absolute atomic E-state index is 11.6. The van der Waals surface area contributed by atoms with E-state index >= 15 is 0 Å². The third-order valence-corrected chi connectivity index (χ3v) is 4.89. The summed E-state index contributed by atoms with van der Waals surface area (Å²) in [5.74, 6) is 0.459. The van der Waals surface area contributed by atoms with Crippen LogP contribution in [0.4, 0.5) is 11.4 Å². The highest BCUT2D eigenvalue weighted by molar-refractivity contribution is 5.88. The molecule has 0 amide bonds. The molecule has 27 heavy (non-hydrogen) atoms. The van der Waals surface area contributed by atoms with Gasteiger partial charge in [0, 0.05) is 29.8 Å². The number of carbonyl (C=O) groups is 1. The minimum absolute atomic E-state index is 0.0450. The third-order valence-electron chi connectivity index (χ3n) is 4.89. The molecule has 7 heteroatoms. The number of methoxy groups -OCH3 is 2. The molecular formula is C20H28N2O5. The number of esters is 1. The molecular weight excluding hydrogens is 348 g/mol. The molecule has 1 aliphatic carbocycles. The molecule has 1 aromatic rings. The first kappa shape index (κ1) is 20.7. The van der Waals surface area contributed by atoms with E-state index in [1.54, 1.807) is 6.07 Å². The Kier molecular flexibility index (Phi) is 6.46. The maximum atomic E-state index is 11.6. The maximum Gasteiger partial charge on any atom is 0.330 e. The van der Waals surface area contributed by atoms with Crippen molar-refractivity contribution in [3.63, 3.8) is 0 Å². The average Bonchev–Trinajstić information content (AvgIpc) is 2.57. The molecule has 2 rings (SSSR count). The fraction of sp³-hybridized carbons (Fsp3) is 0.550. The molecule has 0 aromatic heterocycles. The molecule has 0 bridgehead atoms. The van der Waals surface area contributed by atoms with Crippen molar-refractivity contribution in [2.45, 2.75) is 46.1 Å². The molecule has 0 spiro atoms. The second kappa shape index (κ2) is 8.41. The number of nitro groups is 1. The topological polar surface area (TPSA) is 90.7 Å². The Hall–Kier alpha value is -2.57. The predicted octanol–water partition coefficient (Wildman–Crippen LogP) is 4.42. The van der Waals surface area contributed by atoms with E-state index in [0.29, 0.717) is 22.9 Å². The molecule has 1 N–H and O–H groups in total. The molecule has 1 saturated carbocycles. The summed E-state index contributed by atoms with van der Waals surface area (Å²) in [5.41, 5.74) is 1.02. The SMILES string of the molecule is COC(=O)/C=C/c1cc([N+](=O)[O-])c(NC2CC(C)CC(C)(C)C2)cc1OC. The Bertz CT molecular complexity index is 742. The summed E-state index contributed by atoms with van der Waals surface area (Å²) < 4.78 is 9.94. The summed E-state index contributed by atoms with van der Waals surface area (Å²) in [6.07, 6.45) is 5.72. The van der Waals surface area contributed by atoms with Gasteiger partial charge in [-0.3, -0.25) is 10.1 Å². The van der Waals surface area contributed by atoms with Crippen LogP contribution in [0.1, 0.15) is 45.6 Å². The van der Waals surface area contributed by atoms with Gasteiger partial charge in [0.25, 0.3) is 5.69 Å². The first-order valence-corrected chi connectivity index (χ1v) is 9.04. The van der Waals surface area contributed by atoms with Crippen molar-refractivity contribution in [3.8, 4) is 5.75 Å². The number of nitrogens with one attached hydrogen (secondary N) is 1. The number of benzene rings is 1. The lowest BCUT2D eigenvalue weighted by atomic mass is 9.70. The molecule has 1 aliphatic rings. The molecule has 0 heterocycles. The van der Waals surface area contributed by atoms with Gasteiger partial charge in [0.05, 0.1) is 19.1 Å². The van der Waals surface area contributed by atoms with Crippen LogP contribution in [-0.4, -0.2) is 31.2 Å². The number of anilines is 1. The number of ether oxygens (including phenoxy) is 2. The minimum Gasteiger partial charge on any atom is -0.496 e. The zero-order valence-electron chi connectivity index (χ0n) is 16.6. The molecule has 0 aliphatic heterocycles. The number of rotatable bonds is 6. The van der Waals surface area contributed by atoms with E-state index in [2.05, 4.69) is 30.8 Å². The van der Waals surface area contributed by atoms with Crippen molar-refractivity contribution < 1.29 is 19.2 Å². The fourth-order valence-electron chi connectivity index (χ4n) is 4.06. The van der Waals surface area contributed by atoms with Gasteiger partial charge in [0.2, 0.25) is 0 Å². The van der Waals surface area contributed by atoms with Crippen LogP contribution in [-0.2, 0) is 9.53 Å². The molecule has 2 unspecified atom stereocenters. The van der Waals surface area contributed by atoms with Crippen LogP contribution >= 0.6 is 0 Å². The average molecular weight is 376 g/mol. The Morgan fingerprint density at radius 3 is 2.59 bits per heavy atom. The zero-order chi connectivity index (χ0) is 20.2. The molecule has 7 nitrogen and oxygen atoms in total.